The molecule has 1 aromatic rings. The Morgan fingerprint density at radius 3 is 2.27 bits per heavy atom. The Morgan fingerprint density at radius 2 is 1.80 bits per heavy atom. The van der Waals surface area contributed by atoms with Crippen LogP contribution in [0.1, 0.15) is 5.56 Å². The fourth-order valence-corrected chi connectivity index (χ4v) is 1.38. The van der Waals surface area contributed by atoms with E-state index in [9.17, 15) is 0 Å². The van der Waals surface area contributed by atoms with E-state index in [0.717, 1.165) is 6.02 Å². The maximum atomic E-state index is 5.72. The summed E-state index contributed by atoms with van der Waals surface area (Å²) in [6.07, 6.45) is 0. The monoisotopic (exact) mass is 207 g/mol. The molecular formula is C12H19N2O+. The summed E-state index contributed by atoms with van der Waals surface area (Å²) >= 11 is 0. The maximum Gasteiger partial charge on any atom is 0.445 e. The molecule has 3 heteroatoms. The molecule has 1 aromatic carbocycles. The first-order valence-corrected chi connectivity index (χ1v) is 4.99. The third-order valence-corrected chi connectivity index (χ3v) is 1.98. The van der Waals surface area contributed by atoms with Crippen LogP contribution in [-0.4, -0.2) is 43.7 Å². The lowest BCUT2D eigenvalue weighted by Gasteiger charge is -2.11. The first-order valence-electron chi connectivity index (χ1n) is 4.99. The number of amidine groups is 1. The third kappa shape index (κ3) is 3.62. The Labute approximate surface area is 91.6 Å². The topological polar surface area (TPSA) is 15.5 Å². The van der Waals surface area contributed by atoms with E-state index in [2.05, 4.69) is 12.1 Å². The van der Waals surface area contributed by atoms with E-state index in [-0.39, 0.29) is 0 Å². The van der Waals surface area contributed by atoms with Crippen molar-refractivity contribution in [2.24, 2.45) is 0 Å². The number of nitrogens with zero attached hydrogens (tertiary/aromatic N) is 2. The van der Waals surface area contributed by atoms with Crippen LogP contribution in [0.3, 0.4) is 0 Å². The molecule has 0 heterocycles. The summed E-state index contributed by atoms with van der Waals surface area (Å²) in [7, 11) is 7.89. The van der Waals surface area contributed by atoms with Gasteiger partial charge in [-0.1, -0.05) is 30.3 Å². The molecule has 0 unspecified atom stereocenters. The highest BCUT2D eigenvalue weighted by atomic mass is 16.5. The average Bonchev–Trinajstić information content (AvgIpc) is 2.18. The molecule has 0 aliphatic rings. The average molecular weight is 207 g/mol. The second-order valence-corrected chi connectivity index (χ2v) is 3.85. The van der Waals surface area contributed by atoms with Crippen molar-refractivity contribution in [3.8, 4) is 0 Å². The lowest BCUT2D eigenvalue weighted by atomic mass is 10.2. The summed E-state index contributed by atoms with van der Waals surface area (Å²) < 4.78 is 7.68. The SMILES string of the molecule is CN(C)C(OCc1ccccc1)=[N+](C)C. The highest BCUT2D eigenvalue weighted by Crippen LogP contribution is 2.01. The van der Waals surface area contributed by atoms with Gasteiger partial charge in [-0.05, 0) is 5.56 Å². The Kier molecular flexibility index (Phi) is 4.16. The summed E-state index contributed by atoms with van der Waals surface area (Å²) in [5.74, 6) is 0. The largest absolute Gasteiger partial charge is 0.445 e. The summed E-state index contributed by atoms with van der Waals surface area (Å²) in [4.78, 5) is 1.96. The number of benzene rings is 1. The van der Waals surface area contributed by atoms with Crippen molar-refractivity contribution < 1.29 is 9.31 Å². The highest BCUT2D eigenvalue weighted by molar-refractivity contribution is 5.67. The predicted molar refractivity (Wildman–Crippen MR) is 62.0 cm³/mol. The van der Waals surface area contributed by atoms with Gasteiger partial charge in [0, 0.05) is 0 Å². The molecule has 3 nitrogen and oxygen atoms in total. The molecule has 0 radical (unpaired) electrons. The van der Waals surface area contributed by atoms with Gasteiger partial charge in [-0.25, -0.2) is 9.48 Å². The minimum absolute atomic E-state index is 0.604. The number of rotatable bonds is 2. The molecule has 0 aliphatic carbocycles. The van der Waals surface area contributed by atoms with Gasteiger partial charge in [0.2, 0.25) is 0 Å². The summed E-state index contributed by atoms with van der Waals surface area (Å²) in [6.45, 7) is 0.604. The van der Waals surface area contributed by atoms with E-state index in [0.29, 0.717) is 6.61 Å². The van der Waals surface area contributed by atoms with E-state index in [1.165, 1.54) is 5.56 Å². The van der Waals surface area contributed by atoms with Crippen LogP contribution in [0.25, 0.3) is 0 Å². The number of hydrogen-bond donors (Lipinski definition) is 0. The normalized spacial score (nSPS) is 9.60. The van der Waals surface area contributed by atoms with E-state index < -0.39 is 0 Å². The number of ether oxygens (including phenoxy) is 1. The Morgan fingerprint density at radius 1 is 1.20 bits per heavy atom. The van der Waals surface area contributed by atoms with Crippen LogP contribution in [-0.2, 0) is 11.3 Å². The van der Waals surface area contributed by atoms with Crippen LogP contribution in [0.5, 0.6) is 0 Å². The van der Waals surface area contributed by atoms with Crippen molar-refractivity contribution in [3.05, 3.63) is 35.9 Å². The molecule has 82 valence electrons. The van der Waals surface area contributed by atoms with E-state index in [1.54, 1.807) is 0 Å². The van der Waals surface area contributed by atoms with Gasteiger partial charge in [0.25, 0.3) is 0 Å². The van der Waals surface area contributed by atoms with Gasteiger partial charge in [-0.3, -0.25) is 0 Å². The van der Waals surface area contributed by atoms with Crippen LogP contribution in [0.4, 0.5) is 0 Å². The lowest BCUT2D eigenvalue weighted by Crippen LogP contribution is -2.31. The van der Waals surface area contributed by atoms with Gasteiger partial charge < -0.3 is 4.74 Å². The van der Waals surface area contributed by atoms with Crippen molar-refractivity contribution in [1.82, 2.24) is 4.90 Å². The van der Waals surface area contributed by atoms with E-state index in [4.69, 9.17) is 4.74 Å². The zero-order chi connectivity index (χ0) is 11.3. The van der Waals surface area contributed by atoms with Gasteiger partial charge in [0.05, 0.1) is 28.2 Å². The first kappa shape index (κ1) is 11.6. The molecule has 0 bridgehead atoms. The lowest BCUT2D eigenvalue weighted by molar-refractivity contribution is -0.481. The van der Waals surface area contributed by atoms with Gasteiger partial charge in [0.15, 0.2) is 0 Å². The second kappa shape index (κ2) is 5.39. The minimum atomic E-state index is 0.604. The summed E-state index contributed by atoms with van der Waals surface area (Å²) in [6, 6.07) is 11.0. The number of hydrogen-bond acceptors (Lipinski definition) is 1. The molecule has 0 spiro atoms. The Hall–Kier alpha value is -1.51. The maximum absolute atomic E-state index is 5.72. The fourth-order valence-electron chi connectivity index (χ4n) is 1.38. The molecule has 15 heavy (non-hydrogen) atoms. The molecule has 0 atom stereocenters. The molecule has 0 saturated carbocycles. The molecule has 0 N–H and O–H groups in total. The highest BCUT2D eigenvalue weighted by Gasteiger charge is 2.12. The fraction of sp³-hybridized carbons (Fsp3) is 0.417. The van der Waals surface area contributed by atoms with E-state index >= 15 is 0 Å². The molecule has 0 aliphatic heterocycles. The van der Waals surface area contributed by atoms with Crippen molar-refractivity contribution in [3.63, 3.8) is 0 Å². The van der Waals surface area contributed by atoms with E-state index in [1.807, 2.05) is 55.9 Å². The standard InChI is InChI=1S/C12H19N2O/c1-13(2)12(14(3)4)15-10-11-8-6-5-7-9-11/h5-9H,10H2,1-4H3/q+1. The van der Waals surface area contributed by atoms with Gasteiger partial charge >= 0.3 is 6.02 Å². The van der Waals surface area contributed by atoms with Gasteiger partial charge in [-0.15, -0.1) is 0 Å². The van der Waals surface area contributed by atoms with Crippen molar-refractivity contribution >= 4 is 6.02 Å². The molecular weight excluding hydrogens is 188 g/mol. The molecule has 0 amide bonds. The van der Waals surface area contributed by atoms with Crippen LogP contribution in [0, 0.1) is 0 Å². The summed E-state index contributed by atoms with van der Waals surface area (Å²) in [5.41, 5.74) is 1.18. The summed E-state index contributed by atoms with van der Waals surface area (Å²) in [5, 5.41) is 0. The first-order chi connectivity index (χ1) is 7.11. The minimum Gasteiger partial charge on any atom is -0.427 e. The Balaban J connectivity index is 2.60. The molecule has 0 aromatic heterocycles. The zero-order valence-electron chi connectivity index (χ0n) is 9.90. The molecule has 0 saturated heterocycles. The van der Waals surface area contributed by atoms with Crippen LogP contribution >= 0.6 is 0 Å². The molecule has 0 fully saturated rings. The van der Waals surface area contributed by atoms with Crippen molar-refractivity contribution in [1.29, 1.82) is 0 Å². The smallest absolute Gasteiger partial charge is 0.427 e. The second-order valence-electron chi connectivity index (χ2n) is 3.85. The zero-order valence-corrected chi connectivity index (χ0v) is 9.90. The quantitative estimate of drug-likeness (QED) is 0.414. The van der Waals surface area contributed by atoms with Crippen LogP contribution in [0.2, 0.25) is 0 Å². The van der Waals surface area contributed by atoms with Crippen molar-refractivity contribution in [2.75, 3.05) is 28.2 Å². The van der Waals surface area contributed by atoms with Gasteiger partial charge in [-0.2, -0.15) is 0 Å². The van der Waals surface area contributed by atoms with Crippen LogP contribution < -0.4 is 0 Å². The third-order valence-electron chi connectivity index (χ3n) is 1.98. The van der Waals surface area contributed by atoms with Gasteiger partial charge in [0.1, 0.15) is 6.61 Å². The Bertz CT molecular complexity index is 327. The predicted octanol–water partition coefficient (Wildman–Crippen LogP) is 1.39. The van der Waals surface area contributed by atoms with Crippen molar-refractivity contribution in [2.45, 2.75) is 6.61 Å². The van der Waals surface area contributed by atoms with Crippen LogP contribution in [0.15, 0.2) is 30.3 Å². The molecule has 1 rings (SSSR count).